The Morgan fingerprint density at radius 3 is 2.60 bits per heavy atom. The van der Waals surface area contributed by atoms with Gasteiger partial charge in [-0.2, -0.15) is 0 Å². The molecule has 0 bridgehead atoms. The minimum absolute atomic E-state index is 1.08. The van der Waals surface area contributed by atoms with Crippen molar-refractivity contribution in [2.45, 2.75) is 6.42 Å². The minimum atomic E-state index is 1.08. The van der Waals surface area contributed by atoms with Crippen LogP contribution in [-0.4, -0.2) is 4.57 Å². The summed E-state index contributed by atoms with van der Waals surface area (Å²) in [4.78, 5) is 0. The van der Waals surface area contributed by atoms with E-state index in [9.17, 15) is 0 Å². The van der Waals surface area contributed by atoms with Gasteiger partial charge in [0.2, 0.25) is 0 Å². The monoisotopic (exact) mass is 131 g/mol. The molecule has 1 aromatic rings. The zero-order chi connectivity index (χ0) is 6.81. The number of hydrogen-bond donors (Lipinski definition) is 0. The number of allylic oxidation sites excluding steroid dienone is 4. The van der Waals surface area contributed by atoms with Crippen LogP contribution < -0.4 is 0 Å². The van der Waals surface area contributed by atoms with Gasteiger partial charge in [-0.25, -0.2) is 0 Å². The summed E-state index contributed by atoms with van der Waals surface area (Å²) in [7, 11) is 0. The van der Waals surface area contributed by atoms with Crippen molar-refractivity contribution in [1.29, 1.82) is 0 Å². The molecule has 10 heavy (non-hydrogen) atoms. The first-order valence-electron chi connectivity index (χ1n) is 3.47. The molecule has 2 rings (SSSR count). The molecule has 0 aromatic carbocycles. The first-order chi connectivity index (χ1) is 4.97. The predicted molar refractivity (Wildman–Crippen MR) is 42.5 cm³/mol. The minimum Gasteiger partial charge on any atom is -0.324 e. The lowest BCUT2D eigenvalue weighted by molar-refractivity contribution is 1.13. The SMILES string of the molecule is C1=CC(n2cccc2)=CC1. The van der Waals surface area contributed by atoms with Crippen LogP contribution in [0.5, 0.6) is 0 Å². The number of nitrogens with zero attached hydrogens (tertiary/aromatic N) is 1. The van der Waals surface area contributed by atoms with Crippen molar-refractivity contribution < 1.29 is 0 Å². The summed E-state index contributed by atoms with van der Waals surface area (Å²) in [5.74, 6) is 0. The van der Waals surface area contributed by atoms with E-state index in [1.807, 2.05) is 12.1 Å². The van der Waals surface area contributed by atoms with Crippen LogP contribution in [0.25, 0.3) is 5.70 Å². The summed E-state index contributed by atoms with van der Waals surface area (Å²) in [6.07, 6.45) is 11.7. The largest absolute Gasteiger partial charge is 0.324 e. The lowest BCUT2D eigenvalue weighted by atomic mass is 10.4. The Hall–Kier alpha value is -1.24. The molecule has 1 heterocycles. The lowest BCUT2D eigenvalue weighted by Crippen LogP contribution is -1.85. The van der Waals surface area contributed by atoms with Gasteiger partial charge in [-0.1, -0.05) is 12.2 Å². The molecule has 0 radical (unpaired) electrons. The Morgan fingerprint density at radius 1 is 1.20 bits per heavy atom. The van der Waals surface area contributed by atoms with Gasteiger partial charge < -0.3 is 4.57 Å². The van der Waals surface area contributed by atoms with Gasteiger partial charge in [0.25, 0.3) is 0 Å². The highest BCUT2D eigenvalue weighted by molar-refractivity contribution is 5.60. The molecular weight excluding hydrogens is 122 g/mol. The molecule has 1 aromatic heterocycles. The molecule has 0 unspecified atom stereocenters. The number of hydrogen-bond acceptors (Lipinski definition) is 0. The summed E-state index contributed by atoms with van der Waals surface area (Å²) in [6.45, 7) is 0. The van der Waals surface area contributed by atoms with Gasteiger partial charge in [-0.05, 0) is 24.6 Å². The summed E-state index contributed by atoms with van der Waals surface area (Å²) >= 11 is 0. The third-order valence-corrected chi connectivity index (χ3v) is 1.65. The molecule has 0 saturated carbocycles. The van der Waals surface area contributed by atoms with Crippen LogP contribution in [0.15, 0.2) is 42.8 Å². The van der Waals surface area contributed by atoms with E-state index < -0.39 is 0 Å². The van der Waals surface area contributed by atoms with Crippen LogP contribution in [0.1, 0.15) is 6.42 Å². The molecule has 1 aliphatic rings. The van der Waals surface area contributed by atoms with Crippen LogP contribution in [0, 0.1) is 0 Å². The molecule has 0 atom stereocenters. The second kappa shape index (κ2) is 2.18. The normalized spacial score (nSPS) is 15.8. The molecule has 1 nitrogen and oxygen atoms in total. The average Bonchev–Trinajstić information content (AvgIpc) is 2.59. The summed E-state index contributed by atoms with van der Waals surface area (Å²) in [5, 5.41) is 0. The third-order valence-electron chi connectivity index (χ3n) is 1.65. The van der Waals surface area contributed by atoms with E-state index in [1.54, 1.807) is 0 Å². The van der Waals surface area contributed by atoms with Crippen molar-refractivity contribution >= 4 is 5.70 Å². The van der Waals surface area contributed by atoms with Crippen molar-refractivity contribution in [2.75, 3.05) is 0 Å². The topological polar surface area (TPSA) is 4.93 Å². The lowest BCUT2D eigenvalue weighted by Gasteiger charge is -1.97. The average molecular weight is 131 g/mol. The highest BCUT2D eigenvalue weighted by Crippen LogP contribution is 2.13. The maximum absolute atomic E-state index is 2.21. The Labute approximate surface area is 60.3 Å². The second-order valence-corrected chi connectivity index (χ2v) is 2.36. The van der Waals surface area contributed by atoms with E-state index in [1.165, 1.54) is 5.70 Å². The van der Waals surface area contributed by atoms with Gasteiger partial charge in [0, 0.05) is 18.1 Å². The van der Waals surface area contributed by atoms with Gasteiger partial charge >= 0.3 is 0 Å². The smallest absolute Gasteiger partial charge is 0.0409 e. The maximum atomic E-state index is 2.21. The van der Waals surface area contributed by atoms with E-state index >= 15 is 0 Å². The van der Waals surface area contributed by atoms with Crippen molar-refractivity contribution in [3.63, 3.8) is 0 Å². The van der Waals surface area contributed by atoms with Crippen molar-refractivity contribution in [3.05, 3.63) is 42.8 Å². The highest BCUT2D eigenvalue weighted by atomic mass is 14.9. The Morgan fingerprint density at radius 2 is 2.00 bits per heavy atom. The molecule has 0 aliphatic heterocycles. The fraction of sp³-hybridized carbons (Fsp3) is 0.111. The Bertz CT molecular complexity index is 265. The predicted octanol–water partition coefficient (Wildman–Crippen LogP) is 2.29. The first kappa shape index (κ1) is 5.54. The first-order valence-corrected chi connectivity index (χ1v) is 3.47. The van der Waals surface area contributed by atoms with Crippen molar-refractivity contribution in [3.8, 4) is 0 Å². The molecule has 1 aliphatic carbocycles. The molecule has 0 N–H and O–H groups in total. The molecular formula is C9H9N. The summed E-state index contributed by atoms with van der Waals surface area (Å²) in [6, 6.07) is 4.07. The molecule has 0 spiro atoms. The van der Waals surface area contributed by atoms with E-state index in [4.69, 9.17) is 0 Å². The maximum Gasteiger partial charge on any atom is 0.0409 e. The van der Waals surface area contributed by atoms with Crippen LogP contribution in [0.3, 0.4) is 0 Å². The van der Waals surface area contributed by atoms with E-state index in [0.717, 1.165) is 6.42 Å². The Balaban J connectivity index is 2.36. The fourth-order valence-corrected chi connectivity index (χ4v) is 1.14. The molecule has 50 valence electrons. The quantitative estimate of drug-likeness (QED) is 0.551. The van der Waals surface area contributed by atoms with Crippen LogP contribution in [0.4, 0.5) is 0 Å². The van der Waals surface area contributed by atoms with Gasteiger partial charge in [0.1, 0.15) is 0 Å². The zero-order valence-corrected chi connectivity index (χ0v) is 5.70. The molecule has 0 saturated heterocycles. The van der Waals surface area contributed by atoms with Crippen LogP contribution in [0.2, 0.25) is 0 Å². The van der Waals surface area contributed by atoms with Gasteiger partial charge in [0.05, 0.1) is 0 Å². The van der Waals surface area contributed by atoms with E-state index in [-0.39, 0.29) is 0 Å². The van der Waals surface area contributed by atoms with E-state index in [2.05, 4.69) is 35.2 Å². The summed E-state index contributed by atoms with van der Waals surface area (Å²) in [5.41, 5.74) is 1.28. The van der Waals surface area contributed by atoms with Crippen molar-refractivity contribution in [1.82, 2.24) is 4.57 Å². The molecule has 1 heteroatoms. The molecule has 0 fully saturated rings. The standard InChI is InChI=1S/C9H9N/c1-2-6-9(5-1)10-7-3-4-8-10/h1,3-8H,2H2. The Kier molecular flexibility index (Phi) is 1.21. The van der Waals surface area contributed by atoms with Gasteiger partial charge in [-0.3, -0.25) is 0 Å². The number of aromatic nitrogens is 1. The van der Waals surface area contributed by atoms with Crippen LogP contribution in [-0.2, 0) is 0 Å². The van der Waals surface area contributed by atoms with Crippen LogP contribution >= 0.6 is 0 Å². The fourth-order valence-electron chi connectivity index (χ4n) is 1.14. The van der Waals surface area contributed by atoms with E-state index in [0.29, 0.717) is 0 Å². The van der Waals surface area contributed by atoms with Gasteiger partial charge in [0.15, 0.2) is 0 Å². The third kappa shape index (κ3) is 0.798. The second-order valence-electron chi connectivity index (χ2n) is 2.36. The van der Waals surface area contributed by atoms with Gasteiger partial charge in [-0.15, -0.1) is 0 Å². The highest BCUT2D eigenvalue weighted by Gasteiger charge is 1.96. The zero-order valence-electron chi connectivity index (χ0n) is 5.70. The van der Waals surface area contributed by atoms with Crippen molar-refractivity contribution in [2.24, 2.45) is 0 Å². The molecule has 0 amide bonds. The number of rotatable bonds is 1. The summed E-state index contributed by atoms with van der Waals surface area (Å²) < 4.78 is 2.11.